The van der Waals surface area contributed by atoms with E-state index in [0.29, 0.717) is 0 Å². The number of rotatable bonds is 3. The number of piperidine rings is 1. The summed E-state index contributed by atoms with van der Waals surface area (Å²) in [5.74, 6) is 2.05. The van der Waals surface area contributed by atoms with Crippen molar-refractivity contribution < 1.29 is 0 Å². The molecule has 0 amide bonds. The number of aromatic nitrogens is 1. The second kappa shape index (κ2) is 6.57. The summed E-state index contributed by atoms with van der Waals surface area (Å²) in [6.07, 6.45) is 7.51. The molecule has 0 bridgehead atoms. The molecular weight excluding hydrogens is 270 g/mol. The average molecular weight is 301 g/mol. The molecule has 0 saturated carbocycles. The van der Waals surface area contributed by atoms with Crippen LogP contribution in [0.5, 0.6) is 0 Å². The van der Waals surface area contributed by atoms with Crippen molar-refractivity contribution >= 4 is 5.82 Å². The van der Waals surface area contributed by atoms with Gasteiger partial charge in [-0.2, -0.15) is 0 Å². The molecular formula is C19H31N3. The molecule has 0 unspecified atom stereocenters. The Hall–Kier alpha value is -1.09. The van der Waals surface area contributed by atoms with Crippen molar-refractivity contribution in [3.8, 4) is 0 Å². The van der Waals surface area contributed by atoms with Crippen molar-refractivity contribution in [1.29, 1.82) is 0 Å². The predicted molar refractivity (Wildman–Crippen MR) is 93.5 cm³/mol. The summed E-state index contributed by atoms with van der Waals surface area (Å²) >= 11 is 0. The molecule has 2 aliphatic rings. The van der Waals surface area contributed by atoms with E-state index < -0.39 is 0 Å². The molecule has 3 rings (SSSR count). The zero-order chi connectivity index (χ0) is 15.6. The quantitative estimate of drug-likeness (QED) is 0.849. The Labute approximate surface area is 135 Å². The first-order chi connectivity index (χ1) is 10.5. The lowest BCUT2D eigenvalue weighted by Gasteiger charge is -2.34. The molecule has 0 spiro atoms. The summed E-state index contributed by atoms with van der Waals surface area (Å²) in [6.45, 7) is 13.0. The summed E-state index contributed by atoms with van der Waals surface area (Å²) in [4.78, 5) is 9.84. The monoisotopic (exact) mass is 301 g/mol. The third-order valence-electron chi connectivity index (χ3n) is 5.27. The van der Waals surface area contributed by atoms with E-state index in [1.165, 1.54) is 64.0 Å². The summed E-state index contributed by atoms with van der Waals surface area (Å²) in [5, 5.41) is 0. The summed E-state index contributed by atoms with van der Waals surface area (Å²) in [6, 6.07) is 4.46. The third kappa shape index (κ3) is 3.81. The van der Waals surface area contributed by atoms with Gasteiger partial charge in [0, 0.05) is 25.8 Å². The van der Waals surface area contributed by atoms with Gasteiger partial charge in [-0.1, -0.05) is 26.8 Å². The smallest absolute Gasteiger partial charge is 0.128 e. The highest BCUT2D eigenvalue weighted by Gasteiger charge is 2.23. The molecule has 3 heterocycles. The number of hydrogen-bond donors (Lipinski definition) is 0. The first-order valence-corrected chi connectivity index (χ1v) is 8.96. The largest absolute Gasteiger partial charge is 0.357 e. The van der Waals surface area contributed by atoms with Gasteiger partial charge in [0.25, 0.3) is 0 Å². The van der Waals surface area contributed by atoms with Crippen LogP contribution < -0.4 is 4.90 Å². The minimum Gasteiger partial charge on any atom is -0.357 e. The minimum atomic E-state index is 0.189. The van der Waals surface area contributed by atoms with Gasteiger partial charge in [-0.05, 0) is 61.7 Å². The zero-order valence-electron chi connectivity index (χ0n) is 14.5. The van der Waals surface area contributed by atoms with Crippen molar-refractivity contribution in [2.24, 2.45) is 5.92 Å². The summed E-state index contributed by atoms with van der Waals surface area (Å²) in [5.41, 5.74) is 1.51. The topological polar surface area (TPSA) is 19.4 Å². The van der Waals surface area contributed by atoms with Crippen molar-refractivity contribution in [3.63, 3.8) is 0 Å². The molecule has 2 saturated heterocycles. The summed E-state index contributed by atoms with van der Waals surface area (Å²) < 4.78 is 0. The lowest BCUT2D eigenvalue weighted by Crippen LogP contribution is -2.38. The van der Waals surface area contributed by atoms with Crippen LogP contribution in [0, 0.1) is 5.92 Å². The second-order valence-corrected chi connectivity index (χ2v) is 8.09. The van der Waals surface area contributed by atoms with Crippen molar-refractivity contribution in [1.82, 2.24) is 9.88 Å². The van der Waals surface area contributed by atoms with Gasteiger partial charge >= 0.3 is 0 Å². The van der Waals surface area contributed by atoms with Gasteiger partial charge in [0.05, 0.1) is 0 Å². The fourth-order valence-electron chi connectivity index (χ4n) is 3.69. The first-order valence-electron chi connectivity index (χ1n) is 8.96. The lowest BCUT2D eigenvalue weighted by molar-refractivity contribution is 0.249. The van der Waals surface area contributed by atoms with E-state index in [4.69, 9.17) is 4.98 Å². The van der Waals surface area contributed by atoms with E-state index in [2.05, 4.69) is 48.9 Å². The number of pyridine rings is 1. The van der Waals surface area contributed by atoms with Gasteiger partial charge in [-0.3, -0.25) is 0 Å². The molecule has 2 aliphatic heterocycles. The standard InChI is InChI=1S/C19H31N3/c1-19(2,3)17-6-7-18(20-14-17)22-12-8-16(9-13-22)15-21-10-4-5-11-21/h6-7,14,16H,4-5,8-13,15H2,1-3H3. The van der Waals surface area contributed by atoms with E-state index in [-0.39, 0.29) is 5.41 Å². The maximum atomic E-state index is 4.71. The molecule has 122 valence electrons. The third-order valence-corrected chi connectivity index (χ3v) is 5.27. The number of likely N-dealkylation sites (tertiary alicyclic amines) is 1. The van der Waals surface area contributed by atoms with E-state index in [9.17, 15) is 0 Å². The number of hydrogen-bond acceptors (Lipinski definition) is 3. The Bertz CT molecular complexity index is 460. The summed E-state index contributed by atoms with van der Waals surface area (Å²) in [7, 11) is 0. The molecule has 0 aromatic carbocycles. The minimum absolute atomic E-state index is 0.189. The first kappa shape index (κ1) is 15.8. The number of nitrogens with zero attached hydrogens (tertiary/aromatic N) is 3. The van der Waals surface area contributed by atoms with Gasteiger partial charge in [-0.15, -0.1) is 0 Å². The Kier molecular flexibility index (Phi) is 4.72. The molecule has 0 radical (unpaired) electrons. The molecule has 0 aliphatic carbocycles. The van der Waals surface area contributed by atoms with Crippen LogP contribution in [0.2, 0.25) is 0 Å². The number of anilines is 1. The Balaban J connectivity index is 1.52. The molecule has 3 nitrogen and oxygen atoms in total. The van der Waals surface area contributed by atoms with E-state index in [0.717, 1.165) is 11.7 Å². The normalized spacial score (nSPS) is 21.5. The molecule has 0 atom stereocenters. The lowest BCUT2D eigenvalue weighted by atomic mass is 9.88. The van der Waals surface area contributed by atoms with Crippen molar-refractivity contribution in [3.05, 3.63) is 23.9 Å². The predicted octanol–water partition coefficient (Wildman–Crippen LogP) is 3.69. The van der Waals surface area contributed by atoms with Gasteiger partial charge in [0.1, 0.15) is 5.82 Å². The fourth-order valence-corrected chi connectivity index (χ4v) is 3.69. The van der Waals surface area contributed by atoms with Crippen molar-refractivity contribution in [2.45, 2.75) is 51.9 Å². The van der Waals surface area contributed by atoms with Crippen LogP contribution >= 0.6 is 0 Å². The Morgan fingerprint density at radius 3 is 2.27 bits per heavy atom. The van der Waals surface area contributed by atoms with Crippen LogP contribution in [-0.2, 0) is 5.41 Å². The van der Waals surface area contributed by atoms with E-state index in [1.807, 2.05) is 0 Å². The maximum absolute atomic E-state index is 4.71. The van der Waals surface area contributed by atoms with Crippen LogP contribution in [0.4, 0.5) is 5.82 Å². The van der Waals surface area contributed by atoms with Crippen molar-refractivity contribution in [2.75, 3.05) is 37.6 Å². The average Bonchev–Trinajstić information content (AvgIpc) is 3.00. The Morgan fingerprint density at radius 1 is 1.05 bits per heavy atom. The highest BCUT2D eigenvalue weighted by Crippen LogP contribution is 2.26. The fraction of sp³-hybridized carbons (Fsp3) is 0.737. The molecule has 3 heteroatoms. The maximum Gasteiger partial charge on any atom is 0.128 e. The van der Waals surface area contributed by atoms with Crippen LogP contribution in [0.15, 0.2) is 18.3 Å². The van der Waals surface area contributed by atoms with Crippen LogP contribution in [0.3, 0.4) is 0 Å². The zero-order valence-corrected chi connectivity index (χ0v) is 14.5. The molecule has 22 heavy (non-hydrogen) atoms. The SMILES string of the molecule is CC(C)(C)c1ccc(N2CCC(CN3CCCC3)CC2)nc1. The van der Waals surface area contributed by atoms with E-state index >= 15 is 0 Å². The molecule has 0 N–H and O–H groups in total. The Morgan fingerprint density at radius 2 is 1.73 bits per heavy atom. The van der Waals surface area contributed by atoms with Crippen LogP contribution in [-0.4, -0.2) is 42.6 Å². The van der Waals surface area contributed by atoms with Crippen LogP contribution in [0.1, 0.15) is 52.0 Å². The van der Waals surface area contributed by atoms with Gasteiger partial charge in [0.2, 0.25) is 0 Å². The van der Waals surface area contributed by atoms with E-state index in [1.54, 1.807) is 0 Å². The highest BCUT2D eigenvalue weighted by molar-refractivity contribution is 5.40. The van der Waals surface area contributed by atoms with Gasteiger partial charge in [0.15, 0.2) is 0 Å². The molecule has 2 fully saturated rings. The second-order valence-electron chi connectivity index (χ2n) is 8.09. The van der Waals surface area contributed by atoms with Gasteiger partial charge in [-0.25, -0.2) is 4.98 Å². The van der Waals surface area contributed by atoms with Crippen LogP contribution in [0.25, 0.3) is 0 Å². The molecule has 1 aromatic rings. The highest BCUT2D eigenvalue weighted by atomic mass is 15.2. The molecule has 1 aromatic heterocycles. The van der Waals surface area contributed by atoms with Gasteiger partial charge < -0.3 is 9.80 Å².